The van der Waals surface area contributed by atoms with Gasteiger partial charge in [0.1, 0.15) is 0 Å². The van der Waals surface area contributed by atoms with Crippen molar-refractivity contribution in [2.24, 2.45) is 0 Å². The standard InChI is InChI=1S/C14H21ClN2O/c1-17-8-6-13(7-9-17)16-14(10-18)11-2-4-12(15)5-3-11/h2-5,13-14,16,18H,6-10H2,1H3. The molecule has 0 spiro atoms. The second-order valence-electron chi connectivity index (χ2n) is 5.03. The van der Waals surface area contributed by atoms with E-state index in [9.17, 15) is 5.11 Å². The lowest BCUT2D eigenvalue weighted by Gasteiger charge is -2.32. The molecule has 3 nitrogen and oxygen atoms in total. The Bertz CT molecular complexity index is 361. The number of benzene rings is 1. The molecular formula is C14H21ClN2O. The molecule has 0 amide bonds. The molecule has 0 radical (unpaired) electrons. The number of piperidine rings is 1. The lowest BCUT2D eigenvalue weighted by molar-refractivity contribution is 0.191. The third-order valence-electron chi connectivity index (χ3n) is 3.61. The largest absolute Gasteiger partial charge is 0.394 e. The maximum atomic E-state index is 9.53. The molecule has 1 aromatic rings. The predicted molar refractivity (Wildman–Crippen MR) is 74.9 cm³/mol. The van der Waals surface area contributed by atoms with Crippen LogP contribution in [0.25, 0.3) is 0 Å². The lowest BCUT2D eigenvalue weighted by Crippen LogP contribution is -2.43. The van der Waals surface area contributed by atoms with Gasteiger partial charge in [-0.2, -0.15) is 0 Å². The highest BCUT2D eigenvalue weighted by molar-refractivity contribution is 6.30. The van der Waals surface area contributed by atoms with Gasteiger partial charge < -0.3 is 15.3 Å². The lowest BCUT2D eigenvalue weighted by atomic mass is 10.0. The van der Waals surface area contributed by atoms with Crippen LogP contribution in [0.15, 0.2) is 24.3 Å². The summed E-state index contributed by atoms with van der Waals surface area (Å²) in [5, 5.41) is 13.8. The number of halogens is 1. The summed E-state index contributed by atoms with van der Waals surface area (Å²) in [7, 11) is 2.15. The summed E-state index contributed by atoms with van der Waals surface area (Å²) in [5.74, 6) is 0. The number of nitrogens with zero attached hydrogens (tertiary/aromatic N) is 1. The maximum absolute atomic E-state index is 9.53. The fraction of sp³-hybridized carbons (Fsp3) is 0.571. The minimum atomic E-state index is 0.00988. The Morgan fingerprint density at radius 1 is 1.33 bits per heavy atom. The second kappa shape index (κ2) is 6.53. The van der Waals surface area contributed by atoms with Crippen molar-refractivity contribution in [3.8, 4) is 0 Å². The Balaban J connectivity index is 1.94. The van der Waals surface area contributed by atoms with Crippen LogP contribution >= 0.6 is 11.6 Å². The number of nitrogens with one attached hydrogen (secondary N) is 1. The summed E-state index contributed by atoms with van der Waals surface area (Å²) in [5.41, 5.74) is 1.10. The van der Waals surface area contributed by atoms with E-state index in [4.69, 9.17) is 11.6 Å². The zero-order chi connectivity index (χ0) is 13.0. The van der Waals surface area contributed by atoms with E-state index in [0.29, 0.717) is 6.04 Å². The van der Waals surface area contributed by atoms with Crippen LogP contribution < -0.4 is 5.32 Å². The van der Waals surface area contributed by atoms with Gasteiger partial charge in [0.15, 0.2) is 0 Å². The van der Waals surface area contributed by atoms with E-state index >= 15 is 0 Å². The Morgan fingerprint density at radius 3 is 2.50 bits per heavy atom. The van der Waals surface area contributed by atoms with Crippen LogP contribution in [0.4, 0.5) is 0 Å². The zero-order valence-electron chi connectivity index (χ0n) is 10.8. The van der Waals surface area contributed by atoms with Crippen LogP contribution in [-0.4, -0.2) is 42.8 Å². The van der Waals surface area contributed by atoms with E-state index in [-0.39, 0.29) is 12.6 Å². The molecule has 18 heavy (non-hydrogen) atoms. The van der Waals surface area contributed by atoms with Crippen LogP contribution in [0.5, 0.6) is 0 Å². The monoisotopic (exact) mass is 268 g/mol. The fourth-order valence-electron chi connectivity index (χ4n) is 2.41. The summed E-state index contributed by atoms with van der Waals surface area (Å²) >= 11 is 5.88. The molecule has 1 saturated heterocycles. The van der Waals surface area contributed by atoms with Crippen LogP contribution in [0.1, 0.15) is 24.4 Å². The number of likely N-dealkylation sites (tertiary alicyclic amines) is 1. The van der Waals surface area contributed by atoms with E-state index in [1.54, 1.807) is 0 Å². The summed E-state index contributed by atoms with van der Waals surface area (Å²) in [6.45, 7) is 2.36. The quantitative estimate of drug-likeness (QED) is 0.878. The molecule has 1 heterocycles. The van der Waals surface area contributed by atoms with Gasteiger partial charge in [-0.1, -0.05) is 23.7 Å². The van der Waals surface area contributed by atoms with E-state index < -0.39 is 0 Å². The molecule has 4 heteroatoms. The average Bonchev–Trinajstić information content (AvgIpc) is 2.39. The first kappa shape index (κ1) is 13.8. The summed E-state index contributed by atoms with van der Waals surface area (Å²) in [6.07, 6.45) is 2.28. The Hall–Kier alpha value is -0.610. The highest BCUT2D eigenvalue weighted by Gasteiger charge is 2.20. The Kier molecular flexibility index (Phi) is 5.01. The van der Waals surface area contributed by atoms with Gasteiger partial charge in [0.05, 0.1) is 12.6 Å². The molecule has 2 N–H and O–H groups in total. The van der Waals surface area contributed by atoms with Gasteiger partial charge in [-0.05, 0) is 50.7 Å². The molecule has 1 aliphatic rings. The molecule has 0 aliphatic carbocycles. The number of aliphatic hydroxyl groups is 1. The number of aliphatic hydroxyl groups excluding tert-OH is 1. The van der Waals surface area contributed by atoms with Crippen molar-refractivity contribution in [2.75, 3.05) is 26.7 Å². The average molecular weight is 269 g/mol. The number of hydrogen-bond donors (Lipinski definition) is 2. The molecule has 100 valence electrons. The van der Waals surface area contributed by atoms with E-state index in [1.807, 2.05) is 24.3 Å². The minimum Gasteiger partial charge on any atom is -0.394 e. The molecule has 0 bridgehead atoms. The maximum Gasteiger partial charge on any atom is 0.0626 e. The van der Waals surface area contributed by atoms with Gasteiger partial charge in [-0.3, -0.25) is 0 Å². The first-order valence-electron chi connectivity index (χ1n) is 6.50. The van der Waals surface area contributed by atoms with Gasteiger partial charge in [0.25, 0.3) is 0 Å². The molecule has 1 aromatic carbocycles. The molecule has 2 rings (SSSR count). The van der Waals surface area contributed by atoms with Crippen LogP contribution in [0.3, 0.4) is 0 Å². The third-order valence-corrected chi connectivity index (χ3v) is 3.86. The summed E-state index contributed by atoms with van der Waals surface area (Å²) < 4.78 is 0. The summed E-state index contributed by atoms with van der Waals surface area (Å²) in [6, 6.07) is 8.20. The first-order valence-corrected chi connectivity index (χ1v) is 6.87. The Morgan fingerprint density at radius 2 is 1.94 bits per heavy atom. The summed E-state index contributed by atoms with van der Waals surface area (Å²) in [4.78, 5) is 2.34. The van der Waals surface area contributed by atoms with Crippen molar-refractivity contribution in [2.45, 2.75) is 24.9 Å². The second-order valence-corrected chi connectivity index (χ2v) is 5.47. The van der Waals surface area contributed by atoms with E-state index in [2.05, 4.69) is 17.3 Å². The topological polar surface area (TPSA) is 35.5 Å². The van der Waals surface area contributed by atoms with Crippen LogP contribution in [0.2, 0.25) is 5.02 Å². The highest BCUT2D eigenvalue weighted by Crippen LogP contribution is 2.19. The SMILES string of the molecule is CN1CCC(NC(CO)c2ccc(Cl)cc2)CC1. The number of hydrogen-bond acceptors (Lipinski definition) is 3. The fourth-order valence-corrected chi connectivity index (χ4v) is 2.54. The molecule has 0 aromatic heterocycles. The van der Waals surface area contributed by atoms with Gasteiger partial charge in [-0.15, -0.1) is 0 Å². The van der Waals surface area contributed by atoms with Crippen molar-refractivity contribution >= 4 is 11.6 Å². The van der Waals surface area contributed by atoms with Gasteiger partial charge in [0, 0.05) is 11.1 Å². The molecule has 1 fully saturated rings. The molecule has 1 atom stereocenters. The van der Waals surface area contributed by atoms with Crippen molar-refractivity contribution < 1.29 is 5.11 Å². The zero-order valence-corrected chi connectivity index (χ0v) is 11.5. The van der Waals surface area contributed by atoms with Crippen LogP contribution in [0, 0.1) is 0 Å². The van der Waals surface area contributed by atoms with Gasteiger partial charge in [0.2, 0.25) is 0 Å². The molecule has 1 aliphatic heterocycles. The molecule has 0 saturated carbocycles. The molecular weight excluding hydrogens is 248 g/mol. The van der Waals surface area contributed by atoms with Gasteiger partial charge in [-0.25, -0.2) is 0 Å². The smallest absolute Gasteiger partial charge is 0.0626 e. The highest BCUT2D eigenvalue weighted by atomic mass is 35.5. The third kappa shape index (κ3) is 3.69. The van der Waals surface area contributed by atoms with Gasteiger partial charge >= 0.3 is 0 Å². The van der Waals surface area contributed by atoms with E-state index in [1.165, 1.54) is 0 Å². The number of rotatable bonds is 4. The molecule has 1 unspecified atom stereocenters. The predicted octanol–water partition coefficient (Wildman–Crippen LogP) is 2.06. The van der Waals surface area contributed by atoms with Crippen molar-refractivity contribution in [3.63, 3.8) is 0 Å². The van der Waals surface area contributed by atoms with Crippen molar-refractivity contribution in [1.82, 2.24) is 10.2 Å². The minimum absolute atomic E-state index is 0.00988. The van der Waals surface area contributed by atoms with Crippen molar-refractivity contribution in [1.29, 1.82) is 0 Å². The normalized spacial score (nSPS) is 19.9. The van der Waals surface area contributed by atoms with E-state index in [0.717, 1.165) is 36.5 Å². The van der Waals surface area contributed by atoms with Crippen molar-refractivity contribution in [3.05, 3.63) is 34.9 Å². The van der Waals surface area contributed by atoms with Crippen LogP contribution in [-0.2, 0) is 0 Å². The first-order chi connectivity index (χ1) is 8.69. The Labute approximate surface area is 114 Å².